The van der Waals surface area contributed by atoms with Gasteiger partial charge in [0.1, 0.15) is 5.15 Å². The van der Waals surface area contributed by atoms with Gasteiger partial charge >= 0.3 is 0 Å². The van der Waals surface area contributed by atoms with E-state index in [1.807, 2.05) is 6.26 Å². The van der Waals surface area contributed by atoms with Gasteiger partial charge in [-0.1, -0.05) is 35.2 Å². The Morgan fingerprint density at radius 3 is 3.00 bits per heavy atom. The number of carbonyl (C=O) groups is 1. The predicted molar refractivity (Wildman–Crippen MR) is 64.4 cm³/mol. The van der Waals surface area contributed by atoms with Crippen LogP contribution in [0.25, 0.3) is 0 Å². The first-order chi connectivity index (χ1) is 7.63. The first kappa shape index (κ1) is 12.8. The van der Waals surface area contributed by atoms with E-state index in [0.29, 0.717) is 15.9 Å². The number of rotatable bonds is 2. The molecule has 0 aromatic carbocycles. The zero-order chi connectivity index (χ0) is 12.0. The molecule has 1 N–H and O–H groups in total. The molecule has 0 aliphatic rings. The average molecular weight is 256 g/mol. The lowest BCUT2D eigenvalue weighted by Gasteiger charge is -1.97. The summed E-state index contributed by atoms with van der Waals surface area (Å²) in [6.07, 6.45) is 3.44. The molecule has 0 bridgehead atoms. The molecule has 0 fully saturated rings. The van der Waals surface area contributed by atoms with Gasteiger partial charge in [-0.2, -0.15) is 0 Å². The topological polar surface area (TPSA) is 54.9 Å². The van der Waals surface area contributed by atoms with Crippen LogP contribution in [0.1, 0.15) is 12.5 Å². The first-order valence-electron chi connectivity index (χ1n) is 4.43. The summed E-state index contributed by atoms with van der Waals surface area (Å²) in [5.74, 6) is 5.43. The highest BCUT2D eigenvalue weighted by Crippen LogP contribution is 2.15. The highest BCUT2D eigenvalue weighted by molar-refractivity contribution is 7.98. The van der Waals surface area contributed by atoms with Crippen LogP contribution in [0.4, 0.5) is 0 Å². The molecule has 4 nitrogen and oxygen atoms in total. The third-order valence-corrected chi connectivity index (χ3v) is 2.40. The van der Waals surface area contributed by atoms with Crippen molar-refractivity contribution in [3.05, 3.63) is 16.9 Å². The van der Waals surface area contributed by atoms with Gasteiger partial charge < -0.3 is 5.32 Å². The highest BCUT2D eigenvalue weighted by atomic mass is 35.5. The van der Waals surface area contributed by atoms with Crippen molar-refractivity contribution >= 4 is 29.3 Å². The van der Waals surface area contributed by atoms with E-state index in [-0.39, 0.29) is 12.5 Å². The molecule has 0 aliphatic carbocycles. The van der Waals surface area contributed by atoms with Crippen LogP contribution in [-0.4, -0.2) is 28.7 Å². The van der Waals surface area contributed by atoms with Crippen LogP contribution in [0.3, 0.4) is 0 Å². The second-order valence-corrected chi connectivity index (χ2v) is 3.90. The summed E-state index contributed by atoms with van der Waals surface area (Å²) in [5.41, 5.74) is 0.560. The first-order valence-corrected chi connectivity index (χ1v) is 6.03. The van der Waals surface area contributed by atoms with Crippen molar-refractivity contribution in [2.75, 3.05) is 12.8 Å². The number of nitrogens with one attached hydrogen (secondary N) is 1. The maximum atomic E-state index is 10.6. The molecule has 1 aromatic rings. The van der Waals surface area contributed by atoms with E-state index < -0.39 is 0 Å². The number of hydrogen-bond acceptors (Lipinski definition) is 4. The summed E-state index contributed by atoms with van der Waals surface area (Å²) in [5, 5.41) is 3.49. The molecule has 0 unspecified atom stereocenters. The van der Waals surface area contributed by atoms with Crippen LogP contribution in [0, 0.1) is 11.8 Å². The van der Waals surface area contributed by atoms with Crippen LogP contribution in [0.5, 0.6) is 0 Å². The minimum Gasteiger partial charge on any atom is -0.345 e. The van der Waals surface area contributed by atoms with Gasteiger partial charge in [0, 0.05) is 13.1 Å². The van der Waals surface area contributed by atoms with Gasteiger partial charge in [0.25, 0.3) is 0 Å². The quantitative estimate of drug-likeness (QED) is 0.375. The molecular formula is C10H10ClN3OS. The Morgan fingerprint density at radius 1 is 1.69 bits per heavy atom. The molecule has 0 saturated heterocycles. The maximum Gasteiger partial charge on any atom is 0.217 e. The van der Waals surface area contributed by atoms with Crippen LogP contribution in [0.2, 0.25) is 5.15 Å². The van der Waals surface area contributed by atoms with Crippen LogP contribution in [-0.2, 0) is 4.79 Å². The van der Waals surface area contributed by atoms with Crippen molar-refractivity contribution in [1.29, 1.82) is 0 Å². The van der Waals surface area contributed by atoms with E-state index in [1.165, 1.54) is 18.7 Å². The molecule has 0 spiro atoms. The van der Waals surface area contributed by atoms with Crippen LogP contribution >= 0.6 is 23.4 Å². The SMILES string of the molecule is CSc1ncc(C#CCNC(C)=O)c(Cl)n1. The van der Waals surface area contributed by atoms with E-state index in [2.05, 4.69) is 27.1 Å². The molecule has 0 saturated carbocycles. The van der Waals surface area contributed by atoms with Crippen molar-refractivity contribution in [3.8, 4) is 11.8 Å². The zero-order valence-corrected chi connectivity index (χ0v) is 10.4. The Morgan fingerprint density at radius 2 is 2.44 bits per heavy atom. The van der Waals surface area contributed by atoms with Crippen molar-refractivity contribution in [2.24, 2.45) is 0 Å². The number of carbonyl (C=O) groups excluding carboxylic acids is 1. The Kier molecular flexibility index (Phi) is 5.09. The number of amides is 1. The molecule has 0 radical (unpaired) electrons. The Bertz CT molecular complexity index is 453. The number of halogens is 1. The minimum absolute atomic E-state index is 0.116. The maximum absolute atomic E-state index is 10.6. The van der Waals surface area contributed by atoms with Crippen LogP contribution in [0.15, 0.2) is 11.4 Å². The highest BCUT2D eigenvalue weighted by Gasteiger charge is 2.01. The lowest BCUT2D eigenvalue weighted by atomic mass is 10.3. The lowest BCUT2D eigenvalue weighted by molar-refractivity contribution is -0.118. The average Bonchev–Trinajstić information content (AvgIpc) is 2.25. The molecule has 1 heterocycles. The summed E-state index contributed by atoms with van der Waals surface area (Å²) >= 11 is 7.31. The third-order valence-electron chi connectivity index (χ3n) is 1.55. The second kappa shape index (κ2) is 6.36. The van der Waals surface area contributed by atoms with Crippen LogP contribution < -0.4 is 5.32 Å². The van der Waals surface area contributed by atoms with Gasteiger partial charge in [-0.05, 0) is 6.26 Å². The van der Waals surface area contributed by atoms with Crippen molar-refractivity contribution in [2.45, 2.75) is 12.1 Å². The largest absolute Gasteiger partial charge is 0.345 e. The molecule has 1 aromatic heterocycles. The smallest absolute Gasteiger partial charge is 0.217 e. The predicted octanol–water partition coefficient (Wildman–Crippen LogP) is 1.34. The van der Waals surface area contributed by atoms with E-state index in [4.69, 9.17) is 11.6 Å². The Hall–Kier alpha value is -1.25. The normalized spacial score (nSPS) is 9.19. The zero-order valence-electron chi connectivity index (χ0n) is 8.87. The van der Waals surface area contributed by atoms with E-state index in [0.717, 1.165) is 0 Å². The van der Waals surface area contributed by atoms with Gasteiger partial charge in [0.15, 0.2) is 5.16 Å². The van der Waals surface area contributed by atoms with Gasteiger partial charge in [0.05, 0.1) is 12.1 Å². The second-order valence-electron chi connectivity index (χ2n) is 2.77. The third kappa shape index (κ3) is 4.09. The van der Waals surface area contributed by atoms with Gasteiger partial charge in [-0.3, -0.25) is 4.79 Å². The van der Waals surface area contributed by atoms with E-state index in [9.17, 15) is 4.79 Å². The molecule has 6 heteroatoms. The summed E-state index contributed by atoms with van der Waals surface area (Å²) in [6, 6.07) is 0. The monoisotopic (exact) mass is 255 g/mol. The molecule has 84 valence electrons. The van der Waals surface area contributed by atoms with Crippen molar-refractivity contribution in [1.82, 2.24) is 15.3 Å². The molecule has 16 heavy (non-hydrogen) atoms. The fourth-order valence-corrected chi connectivity index (χ4v) is 1.40. The molecule has 0 atom stereocenters. The summed E-state index contributed by atoms with van der Waals surface area (Å²) in [7, 11) is 0. The molecule has 0 aliphatic heterocycles. The minimum atomic E-state index is -0.116. The number of nitrogens with zero attached hydrogens (tertiary/aromatic N) is 2. The standard InChI is InChI=1S/C10H10ClN3OS/c1-7(15)12-5-3-4-8-6-13-10(16-2)14-9(8)11/h6H,5H2,1-2H3,(H,12,15). The number of hydrogen-bond donors (Lipinski definition) is 1. The van der Waals surface area contributed by atoms with Gasteiger partial charge in [-0.15, -0.1) is 0 Å². The Labute approximate surface area is 103 Å². The number of thioether (sulfide) groups is 1. The molecular weight excluding hydrogens is 246 g/mol. The summed E-state index contributed by atoms with van der Waals surface area (Å²) < 4.78 is 0. The summed E-state index contributed by atoms with van der Waals surface area (Å²) in [6.45, 7) is 1.72. The van der Waals surface area contributed by atoms with E-state index in [1.54, 1.807) is 6.20 Å². The molecule has 1 rings (SSSR count). The fourth-order valence-electron chi connectivity index (χ4n) is 0.836. The lowest BCUT2D eigenvalue weighted by Crippen LogP contribution is -2.19. The summed E-state index contributed by atoms with van der Waals surface area (Å²) in [4.78, 5) is 18.7. The van der Waals surface area contributed by atoms with Crippen molar-refractivity contribution in [3.63, 3.8) is 0 Å². The van der Waals surface area contributed by atoms with Crippen molar-refractivity contribution < 1.29 is 4.79 Å². The fraction of sp³-hybridized carbons (Fsp3) is 0.300. The number of aromatic nitrogens is 2. The molecule has 1 amide bonds. The Balaban J connectivity index is 2.70. The van der Waals surface area contributed by atoms with E-state index >= 15 is 0 Å². The van der Waals surface area contributed by atoms with Gasteiger partial charge in [-0.25, -0.2) is 9.97 Å². The van der Waals surface area contributed by atoms with Gasteiger partial charge in [0.2, 0.25) is 5.91 Å².